The van der Waals surface area contributed by atoms with Crippen LogP contribution in [0.25, 0.3) is 21.8 Å². The van der Waals surface area contributed by atoms with E-state index in [2.05, 4.69) is 120 Å². The Morgan fingerprint density at radius 1 is 0.647 bits per heavy atom. The van der Waals surface area contributed by atoms with Gasteiger partial charge in [0.2, 0.25) is 0 Å². The fraction of sp³-hybridized carbons (Fsp3) is 0.422. The van der Waals surface area contributed by atoms with E-state index in [1.807, 2.05) is 0 Å². The zero-order valence-corrected chi connectivity index (χ0v) is 30.7. The van der Waals surface area contributed by atoms with Gasteiger partial charge in [-0.05, 0) is 130 Å². The topological polar surface area (TPSA) is 42.1 Å². The second-order valence-electron chi connectivity index (χ2n) is 16.6. The van der Waals surface area contributed by atoms with Crippen molar-refractivity contribution in [2.45, 2.75) is 103 Å². The summed E-state index contributed by atoms with van der Waals surface area (Å²) >= 11 is 0. The van der Waals surface area contributed by atoms with E-state index in [4.69, 9.17) is 9.97 Å². The first-order valence-electron chi connectivity index (χ1n) is 19.4. The molecule has 0 spiro atoms. The number of nitrogens with zero attached hydrogens (tertiary/aromatic N) is 6. The molecule has 0 bridgehead atoms. The van der Waals surface area contributed by atoms with Crippen LogP contribution in [0, 0.1) is 20.8 Å². The lowest BCUT2D eigenvalue weighted by Gasteiger charge is -2.34. The molecule has 10 rings (SSSR count). The highest BCUT2D eigenvalue weighted by atomic mass is 15.2. The third kappa shape index (κ3) is 5.36. The molecular formula is C45H50N6. The first-order valence-corrected chi connectivity index (χ1v) is 19.4. The average molecular weight is 675 g/mol. The molecule has 0 saturated carbocycles. The fourth-order valence-electron chi connectivity index (χ4n) is 10.7. The molecule has 0 fully saturated rings. The molecule has 51 heavy (non-hydrogen) atoms. The van der Waals surface area contributed by atoms with Gasteiger partial charge in [0.1, 0.15) is 0 Å². The van der Waals surface area contributed by atoms with Crippen molar-refractivity contribution in [3.05, 3.63) is 129 Å². The maximum atomic E-state index is 5.03. The summed E-state index contributed by atoms with van der Waals surface area (Å²) in [7, 11) is 2.31. The lowest BCUT2D eigenvalue weighted by molar-refractivity contribution is 0.211. The minimum Gasteiger partial charge on any atom is -0.344 e. The summed E-state index contributed by atoms with van der Waals surface area (Å²) in [5.41, 5.74) is 17.1. The van der Waals surface area contributed by atoms with Crippen LogP contribution in [-0.4, -0.2) is 49.0 Å². The van der Waals surface area contributed by atoms with Gasteiger partial charge < -0.3 is 14.0 Å². The minimum absolute atomic E-state index is 0.492. The van der Waals surface area contributed by atoms with Crippen molar-refractivity contribution in [3.8, 4) is 0 Å². The van der Waals surface area contributed by atoms with Gasteiger partial charge in [0.15, 0.2) is 0 Å². The van der Waals surface area contributed by atoms with Gasteiger partial charge in [-0.25, -0.2) is 0 Å². The van der Waals surface area contributed by atoms with E-state index >= 15 is 0 Å². The van der Waals surface area contributed by atoms with Crippen LogP contribution in [0.2, 0.25) is 0 Å². The second kappa shape index (κ2) is 12.2. The fourth-order valence-corrected chi connectivity index (χ4v) is 10.7. The van der Waals surface area contributed by atoms with Crippen molar-refractivity contribution in [1.82, 2.24) is 28.9 Å². The maximum absolute atomic E-state index is 5.03. The second-order valence-corrected chi connectivity index (χ2v) is 16.6. The lowest BCUT2D eigenvalue weighted by Crippen LogP contribution is -2.34. The third-order valence-electron chi connectivity index (χ3n) is 13.0. The Morgan fingerprint density at radius 2 is 1.29 bits per heavy atom. The predicted octanol–water partition coefficient (Wildman–Crippen LogP) is 9.09. The van der Waals surface area contributed by atoms with E-state index in [0.29, 0.717) is 23.7 Å². The van der Waals surface area contributed by atoms with Crippen molar-refractivity contribution < 1.29 is 0 Å². The standard InChI is InChI=1S/C45H50N6/c1-28-5-9-42-38(17-28)40-26-48(4)23-35-19-32(12-15-50(42)44(35)40)31-11-14-46-37(21-31)25-49-24-36-20-33(34-8-7-30(3)47-22-34)13-16-51-43-10-6-29(2)18-39(43)41(27-49)45(36)51/h5-11,14,17-18,21-22,32-33,35-36H,12-13,15-16,19-20,23-27H2,1-4H3. The quantitative estimate of drug-likeness (QED) is 0.187. The van der Waals surface area contributed by atoms with Crippen molar-refractivity contribution >= 4 is 21.8 Å². The number of hydrogen-bond acceptors (Lipinski definition) is 4. The molecule has 6 nitrogen and oxygen atoms in total. The summed E-state index contributed by atoms with van der Waals surface area (Å²) in [4.78, 5) is 15.0. The summed E-state index contributed by atoms with van der Waals surface area (Å²) in [5, 5.41) is 2.93. The molecule has 4 atom stereocenters. The summed E-state index contributed by atoms with van der Waals surface area (Å²) in [6.07, 6.45) is 8.96. The summed E-state index contributed by atoms with van der Waals surface area (Å²) in [6, 6.07) is 23.5. The normalized spacial score (nSPS) is 23.6. The van der Waals surface area contributed by atoms with Crippen LogP contribution in [0.1, 0.15) is 106 Å². The molecule has 0 aliphatic carbocycles. The zero-order chi connectivity index (χ0) is 34.4. The third-order valence-corrected chi connectivity index (χ3v) is 13.0. The van der Waals surface area contributed by atoms with Gasteiger partial charge in [-0.15, -0.1) is 0 Å². The van der Waals surface area contributed by atoms with Crippen molar-refractivity contribution in [2.75, 3.05) is 20.1 Å². The summed E-state index contributed by atoms with van der Waals surface area (Å²) < 4.78 is 5.38. The first-order chi connectivity index (χ1) is 24.9. The monoisotopic (exact) mass is 674 g/mol. The van der Waals surface area contributed by atoms with E-state index < -0.39 is 0 Å². The molecule has 4 aliphatic rings. The van der Waals surface area contributed by atoms with Crippen LogP contribution < -0.4 is 0 Å². The molecule has 2 aromatic carbocycles. The Balaban J connectivity index is 0.946. The van der Waals surface area contributed by atoms with E-state index in [9.17, 15) is 0 Å². The highest BCUT2D eigenvalue weighted by molar-refractivity contribution is 5.88. The van der Waals surface area contributed by atoms with E-state index in [-0.39, 0.29) is 0 Å². The molecule has 0 N–H and O–H groups in total. The Kier molecular flexibility index (Phi) is 7.51. The number of pyridine rings is 2. The number of rotatable bonds is 4. The van der Waals surface area contributed by atoms with Crippen molar-refractivity contribution in [1.29, 1.82) is 0 Å². The van der Waals surface area contributed by atoms with Gasteiger partial charge in [-0.1, -0.05) is 29.3 Å². The number of benzene rings is 2. The van der Waals surface area contributed by atoms with E-state index in [0.717, 1.165) is 57.9 Å². The Labute approximate surface area is 302 Å². The molecule has 8 heterocycles. The highest BCUT2D eigenvalue weighted by Gasteiger charge is 2.37. The van der Waals surface area contributed by atoms with Crippen LogP contribution >= 0.6 is 0 Å². The molecule has 4 aromatic heterocycles. The number of aryl methyl sites for hydroxylation is 5. The summed E-state index contributed by atoms with van der Waals surface area (Å²) in [6.45, 7) is 13.9. The average Bonchev–Trinajstić information content (AvgIpc) is 3.39. The molecule has 260 valence electrons. The molecule has 0 saturated heterocycles. The SMILES string of the molecule is Cc1ccc2c(c1)c1c3n2CCC(c2ccnc(CN4Cc5c6n(c7ccc(C)cc57)CCC(c5ccc(C)nc5)CC6C4)c2)CC3CN(C)C1. The van der Waals surface area contributed by atoms with E-state index in [1.165, 1.54) is 69.0 Å². The molecule has 0 radical (unpaired) electrons. The minimum atomic E-state index is 0.492. The smallest absolute Gasteiger partial charge is 0.0546 e. The van der Waals surface area contributed by atoms with Crippen LogP contribution in [0.4, 0.5) is 0 Å². The van der Waals surface area contributed by atoms with Crippen molar-refractivity contribution in [3.63, 3.8) is 0 Å². The maximum Gasteiger partial charge on any atom is 0.0546 e. The van der Waals surface area contributed by atoms with Gasteiger partial charge >= 0.3 is 0 Å². The number of aromatic nitrogens is 4. The molecule has 6 aromatic rings. The van der Waals surface area contributed by atoms with Crippen LogP contribution in [0.3, 0.4) is 0 Å². The molecule has 4 aliphatic heterocycles. The van der Waals surface area contributed by atoms with Gasteiger partial charge in [0, 0.05) is 109 Å². The van der Waals surface area contributed by atoms with Crippen molar-refractivity contribution in [2.24, 2.45) is 0 Å². The summed E-state index contributed by atoms with van der Waals surface area (Å²) in [5.74, 6) is 2.11. The molecular weight excluding hydrogens is 625 g/mol. The number of likely N-dealkylation sites (N-methyl/N-ethyl adjacent to an activating group) is 1. The van der Waals surface area contributed by atoms with Crippen LogP contribution in [-0.2, 0) is 32.7 Å². The Morgan fingerprint density at radius 3 is 1.96 bits per heavy atom. The lowest BCUT2D eigenvalue weighted by atomic mass is 9.83. The predicted molar refractivity (Wildman–Crippen MR) is 206 cm³/mol. The zero-order valence-electron chi connectivity index (χ0n) is 30.7. The largest absolute Gasteiger partial charge is 0.344 e. The Hall–Kier alpha value is -4.26. The van der Waals surface area contributed by atoms with Gasteiger partial charge in [-0.3, -0.25) is 14.9 Å². The first kappa shape index (κ1) is 31.5. The highest BCUT2D eigenvalue weighted by Crippen LogP contribution is 2.46. The van der Waals surface area contributed by atoms with E-state index in [1.54, 1.807) is 22.5 Å². The molecule has 6 heteroatoms. The van der Waals surface area contributed by atoms with Gasteiger partial charge in [0.25, 0.3) is 0 Å². The molecule has 0 amide bonds. The van der Waals surface area contributed by atoms with Gasteiger partial charge in [-0.2, -0.15) is 0 Å². The molecule has 4 unspecified atom stereocenters. The number of hydrogen-bond donors (Lipinski definition) is 0. The van der Waals surface area contributed by atoms with Gasteiger partial charge in [0.05, 0.1) is 5.69 Å². The van der Waals surface area contributed by atoms with Crippen LogP contribution in [0.5, 0.6) is 0 Å². The Bertz CT molecular complexity index is 2290. The number of fused-ring (bicyclic) bond motifs is 6. The van der Waals surface area contributed by atoms with Crippen LogP contribution in [0.15, 0.2) is 73.1 Å².